The summed E-state index contributed by atoms with van der Waals surface area (Å²) in [4.78, 5) is 13.9. The van der Waals surface area contributed by atoms with Gasteiger partial charge in [-0.25, -0.2) is 0 Å². The fraction of sp³-hybridized carbons (Fsp3) is 0.316. The largest absolute Gasteiger partial charge is 0.493 e. The van der Waals surface area contributed by atoms with Crippen molar-refractivity contribution in [3.05, 3.63) is 47.5 Å². The van der Waals surface area contributed by atoms with Crippen LogP contribution in [0.1, 0.15) is 11.1 Å². The first-order chi connectivity index (χ1) is 12.1. The summed E-state index contributed by atoms with van der Waals surface area (Å²) in [6, 6.07) is 11.2. The van der Waals surface area contributed by atoms with E-state index in [0.29, 0.717) is 23.8 Å². The van der Waals surface area contributed by atoms with E-state index in [9.17, 15) is 4.79 Å². The third kappa shape index (κ3) is 3.96. The van der Waals surface area contributed by atoms with E-state index >= 15 is 0 Å². The molecule has 6 nitrogen and oxygen atoms in total. The number of hydrogen-bond donors (Lipinski definition) is 0. The number of benzene rings is 2. The molecule has 0 saturated carbocycles. The summed E-state index contributed by atoms with van der Waals surface area (Å²) in [5.41, 5.74) is 2.03. The maximum absolute atomic E-state index is 12.3. The van der Waals surface area contributed by atoms with Crippen LogP contribution in [0.4, 0.5) is 0 Å². The average Bonchev–Trinajstić information content (AvgIpc) is 3.07. The van der Waals surface area contributed by atoms with Crippen LogP contribution < -0.4 is 18.9 Å². The summed E-state index contributed by atoms with van der Waals surface area (Å²) in [5, 5.41) is 0. The number of methoxy groups -OCH3 is 1. The first-order valence-electron chi connectivity index (χ1n) is 7.97. The molecule has 0 fully saturated rings. The zero-order chi connectivity index (χ0) is 17.8. The number of hydrogen-bond acceptors (Lipinski definition) is 5. The number of rotatable bonds is 6. The van der Waals surface area contributed by atoms with Crippen molar-refractivity contribution >= 4 is 5.91 Å². The lowest BCUT2D eigenvalue weighted by Crippen LogP contribution is -2.31. The summed E-state index contributed by atoms with van der Waals surface area (Å²) in [6.45, 7) is 2.61. The van der Waals surface area contributed by atoms with Crippen LogP contribution in [-0.2, 0) is 11.3 Å². The Labute approximate surface area is 146 Å². The molecule has 0 radical (unpaired) electrons. The molecule has 3 rings (SSSR count). The van der Waals surface area contributed by atoms with Gasteiger partial charge in [0.1, 0.15) is 0 Å². The number of fused-ring (bicyclic) bond motifs is 1. The molecule has 0 bridgehead atoms. The van der Waals surface area contributed by atoms with Gasteiger partial charge in [0.15, 0.2) is 29.6 Å². The van der Waals surface area contributed by atoms with Gasteiger partial charge >= 0.3 is 0 Å². The van der Waals surface area contributed by atoms with Crippen LogP contribution in [0.15, 0.2) is 36.4 Å². The SMILES string of the molecule is COc1cc(C)ccc1OCC(=O)N(C)Cc1ccc2c(c1)OCO2. The molecule has 0 aliphatic carbocycles. The molecule has 1 heterocycles. The summed E-state index contributed by atoms with van der Waals surface area (Å²) < 4.78 is 21.5. The van der Waals surface area contributed by atoms with E-state index in [0.717, 1.165) is 16.9 Å². The van der Waals surface area contributed by atoms with Crippen LogP contribution in [0.25, 0.3) is 0 Å². The molecule has 2 aromatic carbocycles. The molecular weight excluding hydrogens is 322 g/mol. The van der Waals surface area contributed by atoms with Crippen molar-refractivity contribution < 1.29 is 23.7 Å². The van der Waals surface area contributed by atoms with E-state index in [1.165, 1.54) is 0 Å². The Morgan fingerprint density at radius 3 is 2.72 bits per heavy atom. The van der Waals surface area contributed by atoms with Crippen molar-refractivity contribution in [3.63, 3.8) is 0 Å². The standard InChI is InChI=1S/C19H21NO5/c1-13-4-6-15(17(8-13)22-3)23-11-19(21)20(2)10-14-5-7-16-18(9-14)25-12-24-16/h4-9H,10-12H2,1-3H3. The van der Waals surface area contributed by atoms with E-state index in [4.69, 9.17) is 18.9 Å². The van der Waals surface area contributed by atoms with E-state index in [1.54, 1.807) is 25.1 Å². The summed E-state index contributed by atoms with van der Waals surface area (Å²) in [5.74, 6) is 2.48. The maximum atomic E-state index is 12.3. The number of aryl methyl sites for hydroxylation is 1. The molecule has 6 heteroatoms. The van der Waals surface area contributed by atoms with Crippen molar-refractivity contribution in [1.82, 2.24) is 4.90 Å². The summed E-state index contributed by atoms with van der Waals surface area (Å²) in [7, 11) is 3.32. The molecule has 0 aromatic heterocycles. The molecule has 1 aliphatic heterocycles. The average molecular weight is 343 g/mol. The molecule has 0 N–H and O–H groups in total. The zero-order valence-electron chi connectivity index (χ0n) is 14.6. The van der Waals surface area contributed by atoms with Gasteiger partial charge in [-0.05, 0) is 42.3 Å². The Morgan fingerprint density at radius 2 is 1.92 bits per heavy atom. The highest BCUT2D eigenvalue weighted by atomic mass is 16.7. The molecule has 25 heavy (non-hydrogen) atoms. The second-order valence-corrected chi connectivity index (χ2v) is 5.88. The zero-order valence-corrected chi connectivity index (χ0v) is 14.6. The van der Waals surface area contributed by atoms with Crippen LogP contribution in [0.3, 0.4) is 0 Å². The second kappa shape index (κ2) is 7.34. The lowest BCUT2D eigenvalue weighted by molar-refractivity contribution is -0.132. The molecule has 132 valence electrons. The Kier molecular flexibility index (Phi) is 4.97. The minimum Gasteiger partial charge on any atom is -0.493 e. The van der Waals surface area contributed by atoms with Gasteiger partial charge in [0.2, 0.25) is 6.79 Å². The van der Waals surface area contributed by atoms with Crippen LogP contribution >= 0.6 is 0 Å². The molecule has 0 spiro atoms. The number of amides is 1. The van der Waals surface area contributed by atoms with Gasteiger partial charge in [0, 0.05) is 13.6 Å². The van der Waals surface area contributed by atoms with Gasteiger partial charge in [0.25, 0.3) is 5.91 Å². The number of carbonyl (C=O) groups excluding carboxylic acids is 1. The molecule has 0 atom stereocenters. The minimum absolute atomic E-state index is 0.0551. The van der Waals surface area contributed by atoms with Crippen molar-refractivity contribution in [2.24, 2.45) is 0 Å². The molecule has 1 amide bonds. The van der Waals surface area contributed by atoms with E-state index in [-0.39, 0.29) is 19.3 Å². The highest BCUT2D eigenvalue weighted by Gasteiger charge is 2.16. The Hall–Kier alpha value is -2.89. The second-order valence-electron chi connectivity index (χ2n) is 5.88. The number of likely N-dealkylation sites (N-methyl/N-ethyl adjacent to an activating group) is 1. The predicted octanol–water partition coefficient (Wildman–Crippen LogP) is 2.77. The lowest BCUT2D eigenvalue weighted by Gasteiger charge is -2.18. The Balaban J connectivity index is 1.58. The predicted molar refractivity (Wildman–Crippen MR) is 92.3 cm³/mol. The van der Waals surface area contributed by atoms with Gasteiger partial charge in [-0.15, -0.1) is 0 Å². The van der Waals surface area contributed by atoms with Gasteiger partial charge in [-0.3, -0.25) is 4.79 Å². The van der Waals surface area contributed by atoms with E-state index in [1.807, 2.05) is 37.3 Å². The van der Waals surface area contributed by atoms with Crippen LogP contribution in [0.2, 0.25) is 0 Å². The monoisotopic (exact) mass is 343 g/mol. The Bertz CT molecular complexity index is 774. The van der Waals surface area contributed by atoms with Crippen molar-refractivity contribution in [2.75, 3.05) is 27.6 Å². The minimum atomic E-state index is -0.125. The van der Waals surface area contributed by atoms with Crippen molar-refractivity contribution in [3.8, 4) is 23.0 Å². The van der Waals surface area contributed by atoms with Gasteiger partial charge in [-0.2, -0.15) is 0 Å². The molecular formula is C19H21NO5. The quantitative estimate of drug-likeness (QED) is 0.807. The van der Waals surface area contributed by atoms with Gasteiger partial charge < -0.3 is 23.8 Å². The fourth-order valence-corrected chi connectivity index (χ4v) is 2.55. The first kappa shape index (κ1) is 17.0. The topological polar surface area (TPSA) is 57.2 Å². The third-order valence-corrected chi connectivity index (χ3v) is 3.95. The summed E-state index contributed by atoms with van der Waals surface area (Å²) in [6.07, 6.45) is 0. The fourth-order valence-electron chi connectivity index (χ4n) is 2.55. The Morgan fingerprint density at radius 1 is 1.12 bits per heavy atom. The number of carbonyl (C=O) groups is 1. The third-order valence-electron chi connectivity index (χ3n) is 3.95. The molecule has 0 saturated heterocycles. The summed E-state index contributed by atoms with van der Waals surface area (Å²) >= 11 is 0. The lowest BCUT2D eigenvalue weighted by atomic mass is 10.2. The molecule has 1 aliphatic rings. The number of nitrogens with zero attached hydrogens (tertiary/aromatic N) is 1. The smallest absolute Gasteiger partial charge is 0.260 e. The van der Waals surface area contributed by atoms with Crippen LogP contribution in [0, 0.1) is 6.92 Å². The van der Waals surface area contributed by atoms with E-state index in [2.05, 4.69) is 0 Å². The van der Waals surface area contributed by atoms with Crippen molar-refractivity contribution in [2.45, 2.75) is 13.5 Å². The van der Waals surface area contributed by atoms with Crippen molar-refractivity contribution in [1.29, 1.82) is 0 Å². The van der Waals surface area contributed by atoms with Crippen LogP contribution in [0.5, 0.6) is 23.0 Å². The van der Waals surface area contributed by atoms with Crippen LogP contribution in [-0.4, -0.2) is 38.4 Å². The van der Waals surface area contributed by atoms with E-state index < -0.39 is 0 Å². The first-order valence-corrected chi connectivity index (χ1v) is 7.97. The molecule has 0 unspecified atom stereocenters. The highest BCUT2D eigenvalue weighted by Crippen LogP contribution is 2.32. The normalized spacial score (nSPS) is 12.0. The van der Waals surface area contributed by atoms with Gasteiger partial charge in [0.05, 0.1) is 7.11 Å². The number of ether oxygens (including phenoxy) is 4. The highest BCUT2D eigenvalue weighted by molar-refractivity contribution is 5.77. The van der Waals surface area contributed by atoms with Gasteiger partial charge in [-0.1, -0.05) is 12.1 Å². The molecule has 2 aromatic rings. The maximum Gasteiger partial charge on any atom is 0.260 e.